The van der Waals surface area contributed by atoms with Gasteiger partial charge in [-0.1, -0.05) is 0 Å². The van der Waals surface area contributed by atoms with Crippen LogP contribution in [0, 0.1) is 10.1 Å². The number of amides is 1. The number of rotatable bonds is 3. The van der Waals surface area contributed by atoms with Crippen molar-refractivity contribution in [2.24, 2.45) is 0 Å². The molecule has 1 aliphatic heterocycles. The summed E-state index contributed by atoms with van der Waals surface area (Å²) in [5, 5.41) is 10.2. The fraction of sp³-hybridized carbons (Fsp3) is 0.250. The molecular weight excluding hydrogens is 357 g/mol. The van der Waals surface area contributed by atoms with Gasteiger partial charge in [-0.2, -0.15) is 13.2 Å². The maximum atomic E-state index is 12.8. The second-order valence-electron chi connectivity index (χ2n) is 4.55. The molecule has 1 aromatic rings. The van der Waals surface area contributed by atoms with Crippen molar-refractivity contribution in [3.05, 3.63) is 50.7 Å². The number of non-ortho nitro benzene ring substituents is 1. The molecule has 1 amide bonds. The van der Waals surface area contributed by atoms with E-state index in [0.29, 0.717) is 18.2 Å². The molecule has 0 saturated carbocycles. The van der Waals surface area contributed by atoms with E-state index in [9.17, 15) is 36.8 Å². The summed E-state index contributed by atoms with van der Waals surface area (Å²) in [6, 6.07) is 1.46. The number of carbonyl (C=O) groups is 1. The maximum absolute atomic E-state index is 12.8. The molecule has 24 heavy (non-hydrogen) atoms. The lowest BCUT2D eigenvalue weighted by Gasteiger charge is -2.26. The van der Waals surface area contributed by atoms with Gasteiger partial charge in [0.15, 0.2) is 5.09 Å². The monoisotopic (exact) mass is 365 g/mol. The predicted octanol–water partition coefficient (Wildman–Crippen LogP) is 1.76. The average Bonchev–Trinajstić information content (AvgIpc) is 2.53. The molecule has 1 atom stereocenters. The Morgan fingerprint density at radius 2 is 2.00 bits per heavy atom. The number of hydrogen-bond donors (Lipinski definition) is 0. The van der Waals surface area contributed by atoms with Gasteiger partial charge >= 0.3 is 6.18 Å². The average molecular weight is 365 g/mol. The number of halogens is 3. The number of hydrogen-bond acceptors (Lipinski definition) is 6. The second-order valence-corrected chi connectivity index (χ2v) is 5.43. The Balaban J connectivity index is 2.45. The van der Waals surface area contributed by atoms with E-state index in [4.69, 9.17) is 4.74 Å². The van der Waals surface area contributed by atoms with Crippen molar-refractivity contribution in [2.75, 3.05) is 13.2 Å². The Morgan fingerprint density at radius 1 is 1.33 bits per heavy atom. The van der Waals surface area contributed by atoms with Gasteiger partial charge in [0, 0.05) is 28.8 Å². The van der Waals surface area contributed by atoms with Crippen molar-refractivity contribution in [2.45, 2.75) is 6.18 Å². The van der Waals surface area contributed by atoms with Gasteiger partial charge in [0.1, 0.15) is 6.61 Å². The zero-order valence-electron chi connectivity index (χ0n) is 11.6. The van der Waals surface area contributed by atoms with Crippen LogP contribution in [0.3, 0.4) is 0 Å². The number of nitro groups is 1. The van der Waals surface area contributed by atoms with Gasteiger partial charge < -0.3 is 14.2 Å². The van der Waals surface area contributed by atoms with E-state index in [1.165, 1.54) is 0 Å². The molecule has 130 valence electrons. The summed E-state index contributed by atoms with van der Waals surface area (Å²) in [5.74, 6) is -1.02. The molecule has 0 N–H and O–H groups in total. The fourth-order valence-electron chi connectivity index (χ4n) is 1.89. The third-order valence-electron chi connectivity index (χ3n) is 2.97. The van der Waals surface area contributed by atoms with Crippen LogP contribution in [0.25, 0.3) is 0 Å². The van der Waals surface area contributed by atoms with Crippen LogP contribution in [0.5, 0.6) is 0 Å². The lowest BCUT2D eigenvalue weighted by Crippen LogP contribution is -2.33. The maximum Gasteiger partial charge on any atom is 0.416 e. The Hall–Kier alpha value is -2.47. The van der Waals surface area contributed by atoms with Crippen LogP contribution in [0.15, 0.2) is 29.5 Å². The van der Waals surface area contributed by atoms with E-state index in [2.05, 4.69) is 0 Å². The first-order chi connectivity index (χ1) is 11.1. The standard InChI is InChI=1S/C12H9F3N2O6S/c13-12(14,15)8-3-7(4-9(5-8)17(19)20)11(18)16-1-2-23-10(6-16)24(21)22/h3-6H,1-2H2,(H,21,22)/p-1. The van der Waals surface area contributed by atoms with Crippen molar-refractivity contribution in [1.82, 2.24) is 4.90 Å². The Bertz CT molecular complexity index is 749. The van der Waals surface area contributed by atoms with Gasteiger partial charge in [-0.15, -0.1) is 0 Å². The van der Waals surface area contributed by atoms with Gasteiger partial charge in [0.05, 0.1) is 23.2 Å². The molecule has 0 saturated heterocycles. The molecule has 8 nitrogen and oxygen atoms in total. The van der Waals surface area contributed by atoms with E-state index in [0.717, 1.165) is 11.1 Å². The molecular formula is C12H8F3N2O6S-. The van der Waals surface area contributed by atoms with Crippen molar-refractivity contribution in [1.29, 1.82) is 0 Å². The zero-order chi connectivity index (χ0) is 18.1. The summed E-state index contributed by atoms with van der Waals surface area (Å²) >= 11 is -2.77. The first-order valence-electron chi connectivity index (χ1n) is 6.21. The molecule has 1 unspecified atom stereocenters. The molecule has 2 rings (SSSR count). The topological polar surface area (TPSA) is 113 Å². The van der Waals surface area contributed by atoms with Crippen LogP contribution >= 0.6 is 0 Å². The van der Waals surface area contributed by atoms with Gasteiger partial charge in [0.25, 0.3) is 11.6 Å². The highest BCUT2D eigenvalue weighted by Gasteiger charge is 2.34. The van der Waals surface area contributed by atoms with E-state index in [1.54, 1.807) is 0 Å². The molecule has 0 radical (unpaired) electrons. The first kappa shape index (κ1) is 17.9. The van der Waals surface area contributed by atoms with Gasteiger partial charge in [0.2, 0.25) is 0 Å². The number of alkyl halides is 3. The minimum absolute atomic E-state index is 0.121. The minimum Gasteiger partial charge on any atom is -0.766 e. The number of benzene rings is 1. The molecule has 1 heterocycles. The van der Waals surface area contributed by atoms with Crippen LogP contribution < -0.4 is 0 Å². The second kappa shape index (κ2) is 6.57. The van der Waals surface area contributed by atoms with Crippen LogP contribution in [0.1, 0.15) is 15.9 Å². The Morgan fingerprint density at radius 3 is 2.54 bits per heavy atom. The number of nitro benzene ring substituents is 1. The molecule has 0 aromatic heterocycles. The predicted molar refractivity (Wildman–Crippen MR) is 72.1 cm³/mol. The van der Waals surface area contributed by atoms with E-state index < -0.39 is 50.0 Å². The van der Waals surface area contributed by atoms with Crippen LogP contribution in [0.2, 0.25) is 0 Å². The fourth-order valence-corrected chi connectivity index (χ4v) is 2.29. The highest BCUT2D eigenvalue weighted by atomic mass is 32.2. The number of ether oxygens (including phenoxy) is 1. The van der Waals surface area contributed by atoms with Crippen molar-refractivity contribution < 1.29 is 36.4 Å². The molecule has 0 fully saturated rings. The summed E-state index contributed by atoms with van der Waals surface area (Å²) in [7, 11) is 0. The van der Waals surface area contributed by atoms with Crippen LogP contribution in [0.4, 0.5) is 18.9 Å². The molecule has 1 aliphatic rings. The van der Waals surface area contributed by atoms with Crippen molar-refractivity contribution in [3.63, 3.8) is 0 Å². The summed E-state index contributed by atoms with van der Waals surface area (Å²) in [4.78, 5) is 22.8. The van der Waals surface area contributed by atoms with Crippen LogP contribution in [-0.2, 0) is 22.0 Å². The van der Waals surface area contributed by atoms with Crippen molar-refractivity contribution >= 4 is 22.7 Å². The van der Waals surface area contributed by atoms with E-state index >= 15 is 0 Å². The summed E-state index contributed by atoms with van der Waals surface area (Å²) in [5.41, 5.74) is -2.85. The molecule has 0 bridgehead atoms. The van der Waals surface area contributed by atoms with Crippen LogP contribution in [-0.4, -0.2) is 37.6 Å². The number of nitrogens with zero attached hydrogens (tertiary/aromatic N) is 2. The van der Waals surface area contributed by atoms with Gasteiger partial charge in [-0.3, -0.25) is 19.1 Å². The summed E-state index contributed by atoms with van der Waals surface area (Å²) in [6.07, 6.45) is -4.08. The SMILES string of the molecule is O=C(c1cc([N+](=O)[O-])cc(C(F)(F)F)c1)N1C=C(S(=O)[O-])OCC1. The Labute approximate surface area is 134 Å². The lowest BCUT2D eigenvalue weighted by atomic mass is 10.1. The first-order valence-corrected chi connectivity index (χ1v) is 7.28. The van der Waals surface area contributed by atoms with Gasteiger partial charge in [-0.25, -0.2) is 0 Å². The third kappa shape index (κ3) is 3.89. The van der Waals surface area contributed by atoms with Gasteiger partial charge in [-0.05, 0) is 6.07 Å². The summed E-state index contributed by atoms with van der Waals surface area (Å²) < 4.78 is 64.9. The molecule has 0 aliphatic carbocycles. The highest BCUT2D eigenvalue weighted by molar-refractivity contribution is 7.83. The van der Waals surface area contributed by atoms with E-state index in [1.807, 2.05) is 0 Å². The smallest absolute Gasteiger partial charge is 0.416 e. The zero-order valence-corrected chi connectivity index (χ0v) is 12.4. The summed E-state index contributed by atoms with van der Waals surface area (Å²) in [6.45, 7) is -0.309. The normalized spacial score (nSPS) is 16.2. The molecule has 12 heteroatoms. The Kier molecular flexibility index (Phi) is 4.89. The van der Waals surface area contributed by atoms with E-state index in [-0.39, 0.29) is 13.2 Å². The molecule has 0 spiro atoms. The largest absolute Gasteiger partial charge is 0.766 e. The minimum atomic E-state index is -4.89. The lowest BCUT2D eigenvalue weighted by molar-refractivity contribution is -0.385. The third-order valence-corrected chi connectivity index (χ3v) is 3.52. The highest BCUT2D eigenvalue weighted by Crippen LogP contribution is 2.33. The quantitative estimate of drug-likeness (QED) is 0.458. The van der Waals surface area contributed by atoms with Crippen molar-refractivity contribution in [3.8, 4) is 0 Å². The molecule has 1 aromatic carbocycles. The number of carbonyl (C=O) groups excluding carboxylic acids is 1.